The lowest BCUT2D eigenvalue weighted by molar-refractivity contribution is -0.122. The molecule has 0 aliphatic rings. The van der Waals surface area contributed by atoms with Gasteiger partial charge in [-0.2, -0.15) is 5.10 Å². The van der Waals surface area contributed by atoms with Gasteiger partial charge in [-0.1, -0.05) is 18.2 Å². The van der Waals surface area contributed by atoms with E-state index in [1.54, 1.807) is 0 Å². The number of hydrogen-bond acceptors (Lipinski definition) is 4. The number of nitrogens with two attached hydrogens (primary N) is 1. The number of aromatic nitrogens is 2. The molecule has 6 heteroatoms. The predicted octanol–water partition coefficient (Wildman–Crippen LogP) is 1.78. The maximum Gasteiger partial charge on any atom is 0.241 e. The molecular formula is C17H24N4O2. The van der Waals surface area contributed by atoms with Crippen molar-refractivity contribution in [2.24, 2.45) is 5.73 Å². The highest BCUT2D eigenvalue weighted by Gasteiger charge is 2.21. The zero-order valence-electron chi connectivity index (χ0n) is 13.8. The van der Waals surface area contributed by atoms with Crippen LogP contribution in [0.25, 0.3) is 0 Å². The van der Waals surface area contributed by atoms with Crippen LogP contribution in [0.5, 0.6) is 5.75 Å². The van der Waals surface area contributed by atoms with E-state index in [0.717, 1.165) is 28.3 Å². The van der Waals surface area contributed by atoms with Crippen LogP contribution in [0.1, 0.15) is 35.5 Å². The summed E-state index contributed by atoms with van der Waals surface area (Å²) in [7, 11) is 0. The van der Waals surface area contributed by atoms with Crippen LogP contribution in [0.4, 0.5) is 0 Å². The molecule has 1 atom stereocenters. The van der Waals surface area contributed by atoms with Gasteiger partial charge >= 0.3 is 0 Å². The number of carbonyl (C=O) groups excluding carboxylic acids is 1. The summed E-state index contributed by atoms with van der Waals surface area (Å²) in [5, 5.41) is 9.81. The highest BCUT2D eigenvalue weighted by atomic mass is 16.5. The Morgan fingerprint density at radius 2 is 2.13 bits per heavy atom. The van der Waals surface area contributed by atoms with Crippen LogP contribution in [0.3, 0.4) is 0 Å². The lowest BCUT2D eigenvalue weighted by atomic mass is 10.0. The number of nitrogens with zero attached hydrogens (tertiary/aromatic N) is 1. The third-order valence-corrected chi connectivity index (χ3v) is 3.74. The molecule has 0 bridgehead atoms. The molecule has 1 amide bonds. The van der Waals surface area contributed by atoms with Gasteiger partial charge in [-0.3, -0.25) is 9.89 Å². The van der Waals surface area contributed by atoms with Crippen molar-refractivity contribution in [2.45, 2.75) is 33.2 Å². The minimum Gasteiger partial charge on any atom is -0.494 e. The second-order valence-corrected chi connectivity index (χ2v) is 5.41. The molecule has 1 heterocycles. The van der Waals surface area contributed by atoms with E-state index in [4.69, 9.17) is 10.5 Å². The van der Waals surface area contributed by atoms with Gasteiger partial charge in [-0.15, -0.1) is 0 Å². The number of aromatic amines is 1. The molecule has 23 heavy (non-hydrogen) atoms. The Balaban J connectivity index is 1.93. The number of amides is 1. The molecule has 2 aromatic rings. The summed E-state index contributed by atoms with van der Waals surface area (Å²) < 4.78 is 5.58. The molecule has 124 valence electrons. The van der Waals surface area contributed by atoms with E-state index in [9.17, 15) is 4.79 Å². The molecule has 4 N–H and O–H groups in total. The van der Waals surface area contributed by atoms with Gasteiger partial charge in [0.1, 0.15) is 11.8 Å². The van der Waals surface area contributed by atoms with E-state index < -0.39 is 6.04 Å². The molecule has 0 fully saturated rings. The summed E-state index contributed by atoms with van der Waals surface area (Å²) in [6, 6.07) is 7.12. The van der Waals surface area contributed by atoms with Crippen LogP contribution < -0.4 is 15.8 Å². The Bertz CT molecular complexity index is 647. The number of benzene rings is 1. The van der Waals surface area contributed by atoms with Gasteiger partial charge in [0.2, 0.25) is 5.91 Å². The minimum atomic E-state index is -0.712. The number of para-hydroxylation sites is 1. The van der Waals surface area contributed by atoms with E-state index in [2.05, 4.69) is 15.5 Å². The van der Waals surface area contributed by atoms with E-state index in [1.807, 2.05) is 45.0 Å². The van der Waals surface area contributed by atoms with Crippen molar-refractivity contribution in [3.8, 4) is 5.75 Å². The molecule has 0 aliphatic heterocycles. The van der Waals surface area contributed by atoms with Crippen LogP contribution in [0, 0.1) is 13.8 Å². The van der Waals surface area contributed by atoms with Crippen molar-refractivity contribution in [3.63, 3.8) is 0 Å². The first-order valence-electron chi connectivity index (χ1n) is 7.80. The topological polar surface area (TPSA) is 93.0 Å². The van der Waals surface area contributed by atoms with Gasteiger partial charge in [0, 0.05) is 17.8 Å². The Morgan fingerprint density at radius 3 is 2.78 bits per heavy atom. The lowest BCUT2D eigenvalue weighted by Crippen LogP contribution is -2.35. The molecule has 0 radical (unpaired) electrons. The normalized spacial score (nSPS) is 12.0. The SMILES string of the molecule is CCOc1ccccc1CCNC(=O)C(N)c1c(C)n[nH]c1C. The molecule has 1 unspecified atom stereocenters. The minimum absolute atomic E-state index is 0.202. The standard InChI is InChI=1S/C17H24N4O2/c1-4-23-14-8-6-5-7-13(14)9-10-19-17(22)16(18)15-11(2)20-21-12(15)3/h5-8,16H,4,9-10,18H2,1-3H3,(H,19,22)(H,20,21). The number of nitrogens with one attached hydrogen (secondary N) is 2. The highest BCUT2D eigenvalue weighted by molar-refractivity contribution is 5.83. The fraction of sp³-hybridized carbons (Fsp3) is 0.412. The fourth-order valence-corrected chi connectivity index (χ4v) is 2.59. The lowest BCUT2D eigenvalue weighted by Gasteiger charge is -2.14. The molecule has 0 saturated carbocycles. The molecule has 1 aromatic carbocycles. The summed E-state index contributed by atoms with van der Waals surface area (Å²) in [5.74, 6) is 0.654. The average molecular weight is 316 g/mol. The smallest absolute Gasteiger partial charge is 0.241 e. The summed E-state index contributed by atoms with van der Waals surface area (Å²) in [6.07, 6.45) is 0.692. The summed E-state index contributed by atoms with van der Waals surface area (Å²) in [6.45, 7) is 6.78. The first-order chi connectivity index (χ1) is 11.0. The Labute approximate surface area is 136 Å². The second-order valence-electron chi connectivity index (χ2n) is 5.41. The zero-order valence-corrected chi connectivity index (χ0v) is 13.8. The second kappa shape index (κ2) is 7.78. The average Bonchev–Trinajstić information content (AvgIpc) is 2.87. The summed E-state index contributed by atoms with van der Waals surface area (Å²) >= 11 is 0. The van der Waals surface area contributed by atoms with Crippen molar-refractivity contribution in [3.05, 3.63) is 46.8 Å². The van der Waals surface area contributed by atoms with Crippen LogP contribution in [0.15, 0.2) is 24.3 Å². The van der Waals surface area contributed by atoms with Crippen LogP contribution >= 0.6 is 0 Å². The predicted molar refractivity (Wildman–Crippen MR) is 89.3 cm³/mol. The molecule has 0 aliphatic carbocycles. The fourth-order valence-electron chi connectivity index (χ4n) is 2.59. The maximum absolute atomic E-state index is 12.2. The molecule has 2 rings (SSSR count). The van der Waals surface area contributed by atoms with Gasteiger partial charge in [-0.05, 0) is 38.8 Å². The maximum atomic E-state index is 12.2. The summed E-state index contributed by atoms with van der Waals surface area (Å²) in [5.41, 5.74) is 9.46. The van der Waals surface area contributed by atoms with Crippen LogP contribution in [-0.2, 0) is 11.2 Å². The Kier molecular flexibility index (Phi) is 5.76. The third kappa shape index (κ3) is 4.10. The van der Waals surface area contributed by atoms with E-state index in [0.29, 0.717) is 19.6 Å². The van der Waals surface area contributed by atoms with Gasteiger partial charge in [0.05, 0.1) is 12.3 Å². The monoisotopic (exact) mass is 316 g/mol. The Hall–Kier alpha value is -2.34. The number of hydrogen-bond donors (Lipinski definition) is 3. The first-order valence-corrected chi connectivity index (χ1v) is 7.80. The van der Waals surface area contributed by atoms with Gasteiger partial charge < -0.3 is 15.8 Å². The molecule has 1 aromatic heterocycles. The van der Waals surface area contributed by atoms with E-state index in [-0.39, 0.29) is 5.91 Å². The highest BCUT2D eigenvalue weighted by Crippen LogP contribution is 2.19. The van der Waals surface area contributed by atoms with Crippen molar-refractivity contribution in [2.75, 3.05) is 13.2 Å². The van der Waals surface area contributed by atoms with Crippen LogP contribution in [-0.4, -0.2) is 29.3 Å². The van der Waals surface area contributed by atoms with Gasteiger partial charge in [0.25, 0.3) is 0 Å². The Morgan fingerprint density at radius 1 is 1.39 bits per heavy atom. The summed E-state index contributed by atoms with van der Waals surface area (Å²) in [4.78, 5) is 12.2. The number of rotatable bonds is 7. The van der Waals surface area contributed by atoms with E-state index in [1.165, 1.54) is 0 Å². The number of H-pyrrole nitrogens is 1. The van der Waals surface area contributed by atoms with Gasteiger partial charge in [0.15, 0.2) is 0 Å². The molecule has 6 nitrogen and oxygen atoms in total. The zero-order chi connectivity index (χ0) is 16.8. The number of carbonyl (C=O) groups is 1. The van der Waals surface area contributed by atoms with Crippen molar-refractivity contribution < 1.29 is 9.53 Å². The van der Waals surface area contributed by atoms with Crippen molar-refractivity contribution in [1.82, 2.24) is 15.5 Å². The molecule has 0 saturated heterocycles. The number of ether oxygens (including phenoxy) is 1. The molecule has 0 spiro atoms. The number of aryl methyl sites for hydroxylation is 2. The largest absolute Gasteiger partial charge is 0.494 e. The third-order valence-electron chi connectivity index (χ3n) is 3.74. The van der Waals surface area contributed by atoms with Crippen LogP contribution in [0.2, 0.25) is 0 Å². The first kappa shape index (κ1) is 17.0. The van der Waals surface area contributed by atoms with E-state index >= 15 is 0 Å². The van der Waals surface area contributed by atoms with Gasteiger partial charge in [-0.25, -0.2) is 0 Å². The molecular weight excluding hydrogens is 292 g/mol. The van der Waals surface area contributed by atoms with Crippen molar-refractivity contribution in [1.29, 1.82) is 0 Å². The quantitative estimate of drug-likeness (QED) is 0.726. The van der Waals surface area contributed by atoms with Crippen molar-refractivity contribution >= 4 is 5.91 Å².